The first-order chi connectivity index (χ1) is 11.2. The lowest BCUT2D eigenvalue weighted by Crippen LogP contribution is -2.31. The van der Waals surface area contributed by atoms with Gasteiger partial charge in [0.25, 0.3) is 0 Å². The van der Waals surface area contributed by atoms with E-state index in [1.807, 2.05) is 20.8 Å². The summed E-state index contributed by atoms with van der Waals surface area (Å²) in [4.78, 5) is 24.6. The summed E-state index contributed by atoms with van der Waals surface area (Å²) >= 11 is 1.52. The zero-order valence-electron chi connectivity index (χ0n) is 14.0. The van der Waals surface area contributed by atoms with Gasteiger partial charge in [0.2, 0.25) is 11.8 Å². The average molecular weight is 370 g/mol. The third-order valence-electron chi connectivity index (χ3n) is 3.55. The second-order valence-corrected chi connectivity index (χ2v) is 9.32. The van der Waals surface area contributed by atoms with Crippen molar-refractivity contribution in [3.8, 4) is 0 Å². The van der Waals surface area contributed by atoms with Crippen molar-refractivity contribution in [3.05, 3.63) is 18.2 Å². The molecule has 0 saturated carbocycles. The summed E-state index contributed by atoms with van der Waals surface area (Å²) in [5.74, 6) is -0.155. The zero-order valence-corrected chi connectivity index (χ0v) is 15.6. The molecule has 0 saturated heterocycles. The van der Waals surface area contributed by atoms with Crippen LogP contribution in [0.1, 0.15) is 27.2 Å². The van der Waals surface area contributed by atoms with E-state index in [1.54, 1.807) is 6.07 Å². The van der Waals surface area contributed by atoms with Gasteiger partial charge < -0.3 is 10.6 Å². The van der Waals surface area contributed by atoms with E-state index in [0.717, 1.165) is 4.90 Å². The number of nitrogens with one attached hydrogen (secondary N) is 2. The van der Waals surface area contributed by atoms with Gasteiger partial charge in [-0.2, -0.15) is 0 Å². The summed E-state index contributed by atoms with van der Waals surface area (Å²) in [7, 11) is -3.59. The number of hydrogen-bond acceptors (Lipinski definition) is 5. The van der Waals surface area contributed by atoms with Gasteiger partial charge in [-0.05, 0) is 32.0 Å². The summed E-state index contributed by atoms with van der Waals surface area (Å²) < 4.78 is 24.9. The third-order valence-corrected chi connectivity index (χ3v) is 6.60. The van der Waals surface area contributed by atoms with Crippen LogP contribution in [-0.2, 0) is 19.4 Å². The Kier molecular flexibility index (Phi) is 5.92. The van der Waals surface area contributed by atoms with E-state index in [2.05, 4.69) is 10.6 Å². The Balaban J connectivity index is 2.16. The second-order valence-electron chi connectivity index (χ2n) is 6.15. The first-order valence-corrected chi connectivity index (χ1v) is 10.4. The van der Waals surface area contributed by atoms with Crippen molar-refractivity contribution in [1.82, 2.24) is 5.32 Å². The lowest BCUT2D eigenvalue weighted by molar-refractivity contribution is -0.121. The fourth-order valence-corrected chi connectivity index (χ4v) is 4.48. The van der Waals surface area contributed by atoms with Crippen LogP contribution in [-0.4, -0.2) is 37.8 Å². The van der Waals surface area contributed by atoms with E-state index in [4.69, 9.17) is 0 Å². The smallest absolute Gasteiger partial charge is 0.228 e. The summed E-state index contributed by atoms with van der Waals surface area (Å²) in [6.45, 7) is 5.47. The molecule has 1 aliphatic heterocycles. The van der Waals surface area contributed by atoms with Crippen LogP contribution in [0.2, 0.25) is 0 Å². The molecular weight excluding hydrogens is 348 g/mol. The van der Waals surface area contributed by atoms with Crippen molar-refractivity contribution in [2.45, 2.75) is 43.0 Å². The van der Waals surface area contributed by atoms with Crippen LogP contribution >= 0.6 is 11.8 Å². The van der Waals surface area contributed by atoms with E-state index in [9.17, 15) is 18.0 Å². The average Bonchev–Trinajstić information content (AvgIpc) is 2.63. The van der Waals surface area contributed by atoms with Crippen LogP contribution in [0.4, 0.5) is 5.69 Å². The molecule has 8 heteroatoms. The van der Waals surface area contributed by atoms with Crippen LogP contribution in [0.5, 0.6) is 0 Å². The van der Waals surface area contributed by atoms with E-state index >= 15 is 0 Å². The Morgan fingerprint density at radius 1 is 1.42 bits per heavy atom. The van der Waals surface area contributed by atoms with E-state index in [0.29, 0.717) is 11.4 Å². The highest BCUT2D eigenvalue weighted by Gasteiger charge is 2.23. The highest BCUT2D eigenvalue weighted by molar-refractivity contribution is 7.99. The number of thioether (sulfide) groups is 1. The topological polar surface area (TPSA) is 92.3 Å². The van der Waals surface area contributed by atoms with E-state index < -0.39 is 9.84 Å². The molecular formula is C16H22N2O4S2. The SMILES string of the molecule is CC(C)NC(=O)CCS(=O)(=O)c1ccc2c(c1)NC(=O)[C@@H](C)CS2. The number of amides is 2. The van der Waals surface area contributed by atoms with Crippen LogP contribution in [0.15, 0.2) is 28.0 Å². The highest BCUT2D eigenvalue weighted by Crippen LogP contribution is 2.34. The number of carbonyl (C=O) groups excluding carboxylic acids is 2. The standard InChI is InChI=1S/C16H22N2O4S2/c1-10(2)17-15(19)6-7-24(21,22)12-4-5-14-13(8-12)18-16(20)11(3)9-23-14/h4-5,8,10-11H,6-7,9H2,1-3H3,(H,17,19)(H,18,20)/t11-/m0/s1. The number of carbonyl (C=O) groups is 2. The Hall–Kier alpha value is -1.54. The Morgan fingerprint density at radius 2 is 2.12 bits per heavy atom. The molecule has 2 rings (SSSR count). The first-order valence-electron chi connectivity index (χ1n) is 7.79. The molecule has 1 aliphatic rings. The Labute approximate surface area is 146 Å². The fraction of sp³-hybridized carbons (Fsp3) is 0.500. The van der Waals surface area contributed by atoms with Gasteiger partial charge in [-0.15, -0.1) is 11.8 Å². The van der Waals surface area contributed by atoms with Gasteiger partial charge in [0.1, 0.15) is 0 Å². The molecule has 24 heavy (non-hydrogen) atoms. The maximum absolute atomic E-state index is 12.4. The summed E-state index contributed by atoms with van der Waals surface area (Å²) in [5.41, 5.74) is 0.516. The van der Waals surface area contributed by atoms with Gasteiger partial charge >= 0.3 is 0 Å². The van der Waals surface area contributed by atoms with Crippen LogP contribution in [0, 0.1) is 5.92 Å². The molecule has 1 heterocycles. The van der Waals surface area contributed by atoms with Gasteiger partial charge in [-0.1, -0.05) is 6.92 Å². The number of benzene rings is 1. The molecule has 0 fully saturated rings. The minimum Gasteiger partial charge on any atom is -0.354 e. The largest absolute Gasteiger partial charge is 0.354 e. The molecule has 132 valence electrons. The van der Waals surface area contributed by atoms with Crippen molar-refractivity contribution in [1.29, 1.82) is 0 Å². The predicted molar refractivity (Wildman–Crippen MR) is 94.9 cm³/mol. The number of sulfone groups is 1. The minimum absolute atomic E-state index is 0.0260. The third kappa shape index (κ3) is 4.73. The molecule has 1 aromatic rings. The summed E-state index contributed by atoms with van der Waals surface area (Å²) in [6.07, 6.45) is -0.0876. The Bertz CT molecular complexity index is 744. The van der Waals surface area contributed by atoms with Gasteiger partial charge in [0, 0.05) is 29.0 Å². The van der Waals surface area contributed by atoms with Gasteiger partial charge in [-0.25, -0.2) is 8.42 Å². The van der Waals surface area contributed by atoms with E-state index in [1.165, 1.54) is 23.9 Å². The minimum atomic E-state index is -3.59. The molecule has 1 aromatic carbocycles. The molecule has 1 atom stereocenters. The van der Waals surface area contributed by atoms with Crippen molar-refractivity contribution in [2.24, 2.45) is 5.92 Å². The Morgan fingerprint density at radius 3 is 2.79 bits per heavy atom. The number of rotatable bonds is 5. The zero-order chi connectivity index (χ0) is 17.9. The molecule has 0 bridgehead atoms. The normalized spacial score (nSPS) is 17.8. The molecule has 2 N–H and O–H groups in total. The van der Waals surface area contributed by atoms with Crippen molar-refractivity contribution < 1.29 is 18.0 Å². The number of hydrogen-bond donors (Lipinski definition) is 2. The van der Waals surface area contributed by atoms with E-state index in [-0.39, 0.29) is 40.8 Å². The van der Waals surface area contributed by atoms with Gasteiger partial charge in [0.05, 0.1) is 16.3 Å². The molecule has 0 aromatic heterocycles. The molecule has 0 spiro atoms. The summed E-state index contributed by atoms with van der Waals surface area (Å²) in [6, 6.07) is 4.69. The van der Waals surface area contributed by atoms with Crippen LogP contribution in [0.3, 0.4) is 0 Å². The lowest BCUT2D eigenvalue weighted by atomic mass is 10.2. The van der Waals surface area contributed by atoms with Crippen molar-refractivity contribution >= 4 is 39.1 Å². The van der Waals surface area contributed by atoms with Crippen molar-refractivity contribution in [2.75, 3.05) is 16.8 Å². The quantitative estimate of drug-likeness (QED) is 0.828. The van der Waals surface area contributed by atoms with Crippen molar-refractivity contribution in [3.63, 3.8) is 0 Å². The highest BCUT2D eigenvalue weighted by atomic mass is 32.2. The number of fused-ring (bicyclic) bond motifs is 1. The predicted octanol–water partition coefficient (Wildman–Crippen LogP) is 2.06. The maximum Gasteiger partial charge on any atom is 0.228 e. The van der Waals surface area contributed by atoms with Gasteiger partial charge in [-0.3, -0.25) is 9.59 Å². The molecule has 2 amide bonds. The summed E-state index contributed by atoms with van der Waals surface area (Å²) in [5, 5.41) is 5.44. The monoisotopic (exact) mass is 370 g/mol. The second kappa shape index (κ2) is 7.57. The number of anilines is 1. The molecule has 0 unspecified atom stereocenters. The van der Waals surface area contributed by atoms with Crippen LogP contribution in [0.25, 0.3) is 0 Å². The first kappa shape index (κ1) is 18.8. The molecule has 0 radical (unpaired) electrons. The van der Waals surface area contributed by atoms with Crippen LogP contribution < -0.4 is 10.6 Å². The maximum atomic E-state index is 12.4. The fourth-order valence-electron chi connectivity index (χ4n) is 2.21. The lowest BCUT2D eigenvalue weighted by Gasteiger charge is -2.11. The van der Waals surface area contributed by atoms with Gasteiger partial charge in [0.15, 0.2) is 9.84 Å². The molecule has 0 aliphatic carbocycles. The molecule has 6 nitrogen and oxygen atoms in total.